The predicted octanol–water partition coefficient (Wildman–Crippen LogP) is 3.74. The average molecular weight is 367 g/mol. The molecule has 3 aromatic carbocycles. The van der Waals surface area contributed by atoms with Crippen LogP contribution in [-0.2, 0) is 5.66 Å². The van der Waals surface area contributed by atoms with Crippen molar-refractivity contribution < 1.29 is 4.39 Å². The fraction of sp³-hybridized carbons (Fsp3) is 0.0526. The average Bonchev–Trinajstić information content (AvgIpc) is 2.96. The molecule has 0 aromatic heterocycles. The van der Waals surface area contributed by atoms with Gasteiger partial charge in [0.15, 0.2) is 0 Å². The third-order valence-electron chi connectivity index (χ3n) is 3.92. The molecule has 0 N–H and O–H groups in total. The van der Waals surface area contributed by atoms with Crippen molar-refractivity contribution in [3.8, 4) is 0 Å². The minimum absolute atomic E-state index is 0.291. The molecule has 0 aliphatic carbocycles. The highest BCUT2D eigenvalue weighted by Gasteiger charge is 2.35. The Bertz CT molecular complexity index is 961. The van der Waals surface area contributed by atoms with Gasteiger partial charge in [-0.3, -0.25) is 0 Å². The highest BCUT2D eigenvalue weighted by molar-refractivity contribution is 9.10. The minimum Gasteiger partial charge on any atom is -0.244 e. The Morgan fingerprint density at radius 1 is 0.739 bits per heavy atom. The lowest BCUT2D eigenvalue weighted by Gasteiger charge is -2.24. The predicted molar refractivity (Wildman–Crippen MR) is 90.1 cm³/mol. The molecule has 0 saturated heterocycles. The highest BCUT2D eigenvalue weighted by Crippen LogP contribution is 2.36. The zero-order valence-electron chi connectivity index (χ0n) is 12.1. The van der Waals surface area contributed by atoms with Gasteiger partial charge in [-0.2, -0.15) is 0 Å². The monoisotopic (exact) mass is 366 g/mol. The molecule has 0 atom stereocenters. The van der Waals surface area contributed by atoms with E-state index in [4.69, 9.17) is 9.98 Å². The summed E-state index contributed by atoms with van der Waals surface area (Å²) >= 11 is 3.45. The summed E-state index contributed by atoms with van der Waals surface area (Å²) in [6.07, 6.45) is 0. The summed E-state index contributed by atoms with van der Waals surface area (Å²) in [5.41, 5.74) is 0.686. The van der Waals surface area contributed by atoms with Crippen molar-refractivity contribution in [2.75, 3.05) is 0 Å². The van der Waals surface area contributed by atoms with E-state index in [2.05, 4.69) is 15.9 Å². The first-order valence-electron chi connectivity index (χ1n) is 7.24. The van der Waals surface area contributed by atoms with Gasteiger partial charge in [-0.25, -0.2) is 14.4 Å². The molecule has 4 rings (SSSR count). The van der Waals surface area contributed by atoms with Crippen LogP contribution >= 0.6 is 15.9 Å². The van der Waals surface area contributed by atoms with Crippen LogP contribution in [0.1, 0.15) is 11.1 Å². The fourth-order valence-electron chi connectivity index (χ4n) is 2.84. The number of hydrogen-bond acceptors (Lipinski definition) is 2. The van der Waals surface area contributed by atoms with Crippen LogP contribution in [0.15, 0.2) is 87.3 Å². The minimum atomic E-state index is -0.938. The normalized spacial score (nSPS) is 14.7. The topological polar surface area (TPSA) is 24.7 Å². The first kappa shape index (κ1) is 14.3. The Balaban J connectivity index is 2.03. The van der Waals surface area contributed by atoms with Gasteiger partial charge in [-0.05, 0) is 36.4 Å². The van der Waals surface area contributed by atoms with Crippen molar-refractivity contribution in [2.24, 2.45) is 9.98 Å². The number of hydrogen-bond donors (Lipinski definition) is 0. The molecule has 1 heterocycles. The van der Waals surface area contributed by atoms with Gasteiger partial charge >= 0.3 is 0 Å². The van der Waals surface area contributed by atoms with E-state index in [1.807, 2.05) is 54.6 Å². The Labute approximate surface area is 141 Å². The summed E-state index contributed by atoms with van der Waals surface area (Å²) in [5.74, 6) is -0.291. The van der Waals surface area contributed by atoms with E-state index >= 15 is 0 Å². The lowest BCUT2D eigenvalue weighted by Crippen LogP contribution is -2.22. The molecule has 2 nitrogen and oxygen atoms in total. The van der Waals surface area contributed by atoms with Crippen LogP contribution in [0.4, 0.5) is 4.39 Å². The third-order valence-corrected chi connectivity index (χ3v) is 4.45. The van der Waals surface area contributed by atoms with Gasteiger partial charge in [0.1, 0.15) is 5.82 Å². The zero-order valence-corrected chi connectivity index (χ0v) is 13.7. The first-order valence-corrected chi connectivity index (χ1v) is 8.04. The summed E-state index contributed by atoms with van der Waals surface area (Å²) < 4.78 is 14.8. The number of rotatable bonds is 2. The van der Waals surface area contributed by atoms with Crippen LogP contribution in [0, 0.1) is 5.82 Å². The molecule has 0 amide bonds. The van der Waals surface area contributed by atoms with Crippen LogP contribution < -0.4 is 10.7 Å². The molecule has 0 bridgehead atoms. The maximum Gasteiger partial charge on any atom is 0.202 e. The van der Waals surface area contributed by atoms with Crippen molar-refractivity contribution in [2.45, 2.75) is 5.66 Å². The molecule has 0 spiro atoms. The van der Waals surface area contributed by atoms with Crippen molar-refractivity contribution in [1.29, 1.82) is 0 Å². The molecular weight excluding hydrogens is 355 g/mol. The second-order valence-corrected chi connectivity index (χ2v) is 6.32. The van der Waals surface area contributed by atoms with Crippen molar-refractivity contribution in [1.82, 2.24) is 0 Å². The molecule has 0 radical (unpaired) electrons. The summed E-state index contributed by atoms with van der Waals surface area (Å²) in [6.45, 7) is 0. The summed E-state index contributed by atoms with van der Waals surface area (Å²) in [7, 11) is 0. The molecule has 0 fully saturated rings. The van der Waals surface area contributed by atoms with Crippen molar-refractivity contribution >= 4 is 15.9 Å². The second kappa shape index (κ2) is 5.39. The molecule has 4 heteroatoms. The van der Waals surface area contributed by atoms with Crippen LogP contribution in [0.25, 0.3) is 0 Å². The zero-order chi connectivity index (χ0) is 15.9. The lowest BCUT2D eigenvalue weighted by molar-refractivity contribution is 0.557. The van der Waals surface area contributed by atoms with Gasteiger partial charge in [0.2, 0.25) is 5.66 Å². The fourth-order valence-corrected chi connectivity index (χ4v) is 3.10. The van der Waals surface area contributed by atoms with E-state index in [1.54, 1.807) is 6.07 Å². The van der Waals surface area contributed by atoms with E-state index in [1.165, 1.54) is 12.1 Å². The number of nitrogens with zero attached hydrogens (tertiary/aromatic N) is 2. The van der Waals surface area contributed by atoms with Gasteiger partial charge in [-0.1, -0.05) is 52.3 Å². The van der Waals surface area contributed by atoms with Crippen LogP contribution in [-0.4, -0.2) is 0 Å². The van der Waals surface area contributed by atoms with Crippen LogP contribution in [0.3, 0.4) is 0 Å². The number of para-hydroxylation sites is 2. The van der Waals surface area contributed by atoms with Gasteiger partial charge in [0, 0.05) is 15.6 Å². The van der Waals surface area contributed by atoms with Gasteiger partial charge in [0.25, 0.3) is 0 Å². The van der Waals surface area contributed by atoms with E-state index in [0.29, 0.717) is 0 Å². The maximum atomic E-state index is 13.8. The van der Waals surface area contributed by atoms with E-state index < -0.39 is 5.66 Å². The lowest BCUT2D eigenvalue weighted by atomic mass is 9.92. The largest absolute Gasteiger partial charge is 0.244 e. The van der Waals surface area contributed by atoms with E-state index in [-0.39, 0.29) is 5.82 Å². The van der Waals surface area contributed by atoms with Gasteiger partial charge in [-0.15, -0.1) is 0 Å². The molecule has 1 aliphatic heterocycles. The highest BCUT2D eigenvalue weighted by atomic mass is 79.9. The van der Waals surface area contributed by atoms with Gasteiger partial charge < -0.3 is 0 Å². The van der Waals surface area contributed by atoms with Crippen molar-refractivity contribution in [3.63, 3.8) is 0 Å². The van der Waals surface area contributed by atoms with Crippen LogP contribution in [0.2, 0.25) is 0 Å². The quantitative estimate of drug-likeness (QED) is 0.659. The first-order chi connectivity index (χ1) is 11.2. The standard InChI is InChI=1S/C19H12BrFN2/c20-15-10-8-13(9-11-15)19(14-4-3-5-16(21)12-14)22-17-6-1-2-7-18(17)23-19/h1-12H. The van der Waals surface area contributed by atoms with Gasteiger partial charge in [0.05, 0.1) is 10.7 Å². The molecule has 0 unspecified atom stereocenters. The SMILES string of the molecule is Fc1cccc(C2(c3ccc(Br)cc3)N=c3ccccc3=N2)c1. The Morgan fingerprint density at radius 2 is 1.39 bits per heavy atom. The molecular formula is C19H12BrFN2. The van der Waals surface area contributed by atoms with Crippen LogP contribution in [0.5, 0.6) is 0 Å². The van der Waals surface area contributed by atoms with Crippen molar-refractivity contribution in [3.05, 3.63) is 105 Å². The summed E-state index contributed by atoms with van der Waals surface area (Å²) in [4.78, 5) is 9.69. The smallest absolute Gasteiger partial charge is 0.202 e. The third kappa shape index (κ3) is 2.39. The number of halogens is 2. The second-order valence-electron chi connectivity index (χ2n) is 5.40. The molecule has 3 aromatic rings. The molecule has 1 aliphatic rings. The Hall–Kier alpha value is -2.33. The summed E-state index contributed by atoms with van der Waals surface area (Å²) in [6, 6.07) is 22.0. The number of fused-ring (bicyclic) bond motifs is 1. The Morgan fingerprint density at radius 3 is 2.00 bits per heavy atom. The van der Waals surface area contributed by atoms with E-state index in [9.17, 15) is 4.39 Å². The molecule has 0 saturated carbocycles. The Kier molecular flexibility index (Phi) is 3.34. The molecule has 23 heavy (non-hydrogen) atoms. The maximum absolute atomic E-state index is 13.8. The molecule has 112 valence electrons. The number of benzene rings is 3. The van der Waals surface area contributed by atoms with E-state index in [0.717, 1.165) is 26.3 Å². The summed E-state index contributed by atoms with van der Waals surface area (Å²) in [5, 5.41) is 1.64.